The van der Waals surface area contributed by atoms with Crippen LogP contribution in [-0.2, 0) is 9.53 Å². The van der Waals surface area contributed by atoms with Crippen molar-refractivity contribution in [3.05, 3.63) is 29.0 Å². The minimum absolute atomic E-state index is 0.255. The van der Waals surface area contributed by atoms with Gasteiger partial charge in [0.1, 0.15) is 11.9 Å². The van der Waals surface area contributed by atoms with Gasteiger partial charge in [-0.2, -0.15) is 0 Å². The fourth-order valence-corrected chi connectivity index (χ4v) is 1.73. The molecule has 5 heteroatoms. The number of halogens is 2. The van der Waals surface area contributed by atoms with Crippen molar-refractivity contribution in [3.63, 3.8) is 0 Å². The van der Waals surface area contributed by atoms with Crippen LogP contribution in [0.25, 0.3) is 0 Å². The molecule has 0 saturated carbocycles. The molecule has 0 amide bonds. The van der Waals surface area contributed by atoms with Gasteiger partial charge in [0.15, 0.2) is 0 Å². The van der Waals surface area contributed by atoms with E-state index >= 15 is 0 Å². The minimum Gasteiger partial charge on any atom is -0.464 e. The number of benzene rings is 1. The van der Waals surface area contributed by atoms with E-state index in [1.165, 1.54) is 12.1 Å². The van der Waals surface area contributed by atoms with Crippen LogP contribution in [0.3, 0.4) is 0 Å². The van der Waals surface area contributed by atoms with Gasteiger partial charge in [-0.3, -0.25) is 0 Å². The van der Waals surface area contributed by atoms with E-state index in [-0.39, 0.29) is 11.7 Å². The predicted octanol–water partition coefficient (Wildman–Crippen LogP) is 3.62. The first-order valence-corrected chi connectivity index (χ1v) is 6.34. The summed E-state index contributed by atoms with van der Waals surface area (Å²) >= 11 is 5.67. The molecule has 0 aliphatic rings. The lowest BCUT2D eigenvalue weighted by molar-refractivity contribution is -0.144. The summed E-state index contributed by atoms with van der Waals surface area (Å²) in [4.78, 5) is 11.7. The second-order valence-electron chi connectivity index (χ2n) is 3.86. The zero-order chi connectivity index (χ0) is 13.5. The van der Waals surface area contributed by atoms with E-state index in [1.807, 2.05) is 6.92 Å². The summed E-state index contributed by atoms with van der Waals surface area (Å²) in [6.07, 6.45) is 1.38. The fraction of sp³-hybridized carbons (Fsp3) is 0.462. The Morgan fingerprint density at radius 2 is 2.22 bits per heavy atom. The summed E-state index contributed by atoms with van der Waals surface area (Å²) in [5.74, 6) is -0.846. The van der Waals surface area contributed by atoms with Crippen molar-refractivity contribution >= 4 is 23.3 Å². The Kier molecular flexibility index (Phi) is 5.92. The Morgan fingerprint density at radius 3 is 2.78 bits per heavy atom. The van der Waals surface area contributed by atoms with Gasteiger partial charge in [-0.05, 0) is 31.5 Å². The first-order valence-electron chi connectivity index (χ1n) is 5.96. The lowest BCUT2D eigenvalue weighted by Crippen LogP contribution is -2.31. The Hall–Kier alpha value is -1.29. The maximum absolute atomic E-state index is 13.6. The Morgan fingerprint density at radius 1 is 1.50 bits per heavy atom. The third kappa shape index (κ3) is 4.18. The number of anilines is 1. The third-order valence-corrected chi connectivity index (χ3v) is 2.64. The number of rotatable bonds is 6. The first-order chi connectivity index (χ1) is 8.58. The average molecular weight is 274 g/mol. The van der Waals surface area contributed by atoms with E-state index in [4.69, 9.17) is 16.3 Å². The molecular formula is C13H17ClFNO2. The molecule has 1 unspecified atom stereocenters. The molecule has 0 heterocycles. The van der Waals surface area contributed by atoms with E-state index in [9.17, 15) is 9.18 Å². The highest BCUT2D eigenvalue weighted by molar-refractivity contribution is 6.30. The molecule has 1 N–H and O–H groups in total. The molecule has 18 heavy (non-hydrogen) atoms. The minimum atomic E-state index is -0.536. The number of hydrogen-bond acceptors (Lipinski definition) is 3. The molecule has 0 aromatic heterocycles. The molecule has 1 aromatic rings. The average Bonchev–Trinajstić information content (AvgIpc) is 2.32. The summed E-state index contributed by atoms with van der Waals surface area (Å²) in [6.45, 7) is 4.00. The molecule has 100 valence electrons. The van der Waals surface area contributed by atoms with Gasteiger partial charge in [0, 0.05) is 5.02 Å². The van der Waals surface area contributed by atoms with Gasteiger partial charge in [0.25, 0.3) is 0 Å². The van der Waals surface area contributed by atoms with Gasteiger partial charge in [0.05, 0.1) is 12.3 Å². The molecule has 3 nitrogen and oxygen atoms in total. The van der Waals surface area contributed by atoms with Gasteiger partial charge in [-0.15, -0.1) is 0 Å². The van der Waals surface area contributed by atoms with Crippen molar-refractivity contribution in [2.24, 2.45) is 0 Å². The lowest BCUT2D eigenvalue weighted by Gasteiger charge is -2.18. The number of hydrogen-bond donors (Lipinski definition) is 1. The van der Waals surface area contributed by atoms with Crippen LogP contribution in [0.2, 0.25) is 5.02 Å². The summed E-state index contributed by atoms with van der Waals surface area (Å²) in [7, 11) is 0. The largest absolute Gasteiger partial charge is 0.464 e. The van der Waals surface area contributed by atoms with Crippen molar-refractivity contribution in [1.82, 2.24) is 0 Å². The predicted molar refractivity (Wildman–Crippen MR) is 70.4 cm³/mol. The van der Waals surface area contributed by atoms with Gasteiger partial charge < -0.3 is 10.1 Å². The highest BCUT2D eigenvalue weighted by Gasteiger charge is 2.19. The SMILES string of the molecule is CCCC(Nc1ccc(Cl)cc1F)C(=O)OCC. The van der Waals surface area contributed by atoms with Crippen LogP contribution < -0.4 is 5.32 Å². The standard InChI is InChI=1S/C13H17ClFNO2/c1-3-5-12(13(17)18-4-2)16-11-7-6-9(14)8-10(11)15/h6-8,12,16H,3-5H2,1-2H3. The molecule has 1 atom stereocenters. The number of ether oxygens (including phenoxy) is 1. The van der Waals surface area contributed by atoms with Crippen molar-refractivity contribution in [3.8, 4) is 0 Å². The summed E-state index contributed by atoms with van der Waals surface area (Å²) < 4.78 is 18.5. The van der Waals surface area contributed by atoms with Crippen molar-refractivity contribution in [2.45, 2.75) is 32.7 Å². The van der Waals surface area contributed by atoms with Crippen molar-refractivity contribution < 1.29 is 13.9 Å². The van der Waals surface area contributed by atoms with Crippen LogP contribution in [0.5, 0.6) is 0 Å². The molecule has 0 spiro atoms. The highest BCUT2D eigenvalue weighted by atomic mass is 35.5. The molecular weight excluding hydrogens is 257 g/mol. The van der Waals surface area contributed by atoms with Crippen LogP contribution in [0.15, 0.2) is 18.2 Å². The third-order valence-electron chi connectivity index (χ3n) is 2.41. The van der Waals surface area contributed by atoms with E-state index in [0.717, 1.165) is 6.42 Å². The van der Waals surface area contributed by atoms with Gasteiger partial charge in [-0.25, -0.2) is 9.18 Å². The van der Waals surface area contributed by atoms with E-state index in [0.29, 0.717) is 18.1 Å². The molecule has 0 aliphatic heterocycles. The summed E-state index contributed by atoms with van der Waals surface area (Å²) in [5.41, 5.74) is 0.255. The highest BCUT2D eigenvalue weighted by Crippen LogP contribution is 2.20. The monoisotopic (exact) mass is 273 g/mol. The maximum Gasteiger partial charge on any atom is 0.328 e. The topological polar surface area (TPSA) is 38.3 Å². The number of nitrogens with one attached hydrogen (secondary N) is 1. The Bertz CT molecular complexity index is 412. The van der Waals surface area contributed by atoms with Crippen LogP contribution in [0.1, 0.15) is 26.7 Å². The molecule has 0 saturated heterocycles. The van der Waals surface area contributed by atoms with Gasteiger partial charge in [0.2, 0.25) is 0 Å². The maximum atomic E-state index is 13.6. The number of carbonyl (C=O) groups excluding carboxylic acids is 1. The fourth-order valence-electron chi connectivity index (χ4n) is 1.57. The summed E-state index contributed by atoms with van der Waals surface area (Å²) in [5, 5.41) is 3.17. The van der Waals surface area contributed by atoms with Gasteiger partial charge in [-0.1, -0.05) is 24.9 Å². The zero-order valence-electron chi connectivity index (χ0n) is 10.5. The van der Waals surface area contributed by atoms with Crippen LogP contribution >= 0.6 is 11.6 Å². The molecule has 0 fully saturated rings. The number of esters is 1. The second kappa shape index (κ2) is 7.21. The van der Waals surface area contributed by atoms with E-state index < -0.39 is 11.9 Å². The molecule has 0 aliphatic carbocycles. The molecule has 0 bridgehead atoms. The van der Waals surface area contributed by atoms with Crippen molar-refractivity contribution in [2.75, 3.05) is 11.9 Å². The van der Waals surface area contributed by atoms with Crippen LogP contribution in [0, 0.1) is 5.82 Å². The van der Waals surface area contributed by atoms with E-state index in [2.05, 4.69) is 5.32 Å². The Balaban J connectivity index is 2.79. The van der Waals surface area contributed by atoms with Gasteiger partial charge >= 0.3 is 5.97 Å². The zero-order valence-corrected chi connectivity index (χ0v) is 11.3. The first kappa shape index (κ1) is 14.8. The second-order valence-corrected chi connectivity index (χ2v) is 4.30. The normalized spacial score (nSPS) is 12.0. The van der Waals surface area contributed by atoms with Crippen LogP contribution in [-0.4, -0.2) is 18.6 Å². The van der Waals surface area contributed by atoms with E-state index in [1.54, 1.807) is 13.0 Å². The lowest BCUT2D eigenvalue weighted by atomic mass is 10.1. The summed E-state index contributed by atoms with van der Waals surface area (Å²) in [6, 6.07) is 3.75. The number of carbonyl (C=O) groups is 1. The quantitative estimate of drug-likeness (QED) is 0.805. The van der Waals surface area contributed by atoms with Crippen molar-refractivity contribution in [1.29, 1.82) is 0 Å². The molecule has 1 aromatic carbocycles. The molecule has 1 rings (SSSR count). The Labute approximate surface area is 111 Å². The molecule has 0 radical (unpaired) electrons. The van der Waals surface area contributed by atoms with Crippen LogP contribution in [0.4, 0.5) is 10.1 Å². The smallest absolute Gasteiger partial charge is 0.328 e.